The lowest BCUT2D eigenvalue weighted by atomic mass is 9.87. The molecule has 0 aromatic carbocycles. The summed E-state index contributed by atoms with van der Waals surface area (Å²) in [7, 11) is 0. The maximum absolute atomic E-state index is 13.7. The molecule has 0 unspecified atom stereocenters. The zero-order valence-corrected chi connectivity index (χ0v) is 18.8. The largest absolute Gasteiger partial charge is 0.363 e. The maximum Gasteiger partial charge on any atom is 0.363 e. The van der Waals surface area contributed by atoms with Crippen molar-refractivity contribution in [3.63, 3.8) is 0 Å². The molecule has 4 heterocycles. The molecule has 1 aliphatic rings. The van der Waals surface area contributed by atoms with E-state index in [1.165, 1.54) is 12.3 Å². The molecule has 0 radical (unpaired) electrons. The van der Waals surface area contributed by atoms with Gasteiger partial charge in [-0.2, -0.15) is 0 Å². The minimum absolute atomic E-state index is 0.0986. The van der Waals surface area contributed by atoms with Crippen molar-refractivity contribution in [1.29, 1.82) is 0 Å². The van der Waals surface area contributed by atoms with E-state index in [0.717, 1.165) is 27.9 Å². The molecule has 1 saturated carbocycles. The monoisotopic (exact) mass is 467 g/mol. The fourth-order valence-electron chi connectivity index (χ4n) is 4.77. The van der Waals surface area contributed by atoms with E-state index in [0.29, 0.717) is 36.2 Å². The Balaban J connectivity index is 1.59. The molecule has 10 heteroatoms. The highest BCUT2D eigenvalue weighted by atomic mass is 19.3. The zero-order valence-electron chi connectivity index (χ0n) is 18.8. The fourth-order valence-corrected chi connectivity index (χ4v) is 4.77. The lowest BCUT2D eigenvalue weighted by Gasteiger charge is -2.28. The van der Waals surface area contributed by atoms with E-state index < -0.39 is 10.8 Å². The van der Waals surface area contributed by atoms with E-state index >= 15 is 0 Å². The van der Waals surface area contributed by atoms with Gasteiger partial charge in [-0.15, -0.1) is 0 Å². The van der Waals surface area contributed by atoms with Gasteiger partial charge in [0.2, 0.25) is 5.92 Å². The molecule has 0 aliphatic heterocycles. The van der Waals surface area contributed by atoms with Crippen LogP contribution in [-0.2, 0) is 6.54 Å². The number of aryl methyl sites for hydroxylation is 2. The number of fused-ring (bicyclic) bond motifs is 1. The third-order valence-electron chi connectivity index (χ3n) is 6.58. The SMILES string of the molecule is Cc1noc(C)c1-c1cnc2c(-c3ccc([N+](=O)[O-])nc3)cn(CC3CCC(F)(F)CC3)c2c1. The Kier molecular flexibility index (Phi) is 5.38. The first kappa shape index (κ1) is 22.1. The Labute approximate surface area is 193 Å². The van der Waals surface area contributed by atoms with Crippen LogP contribution in [0.3, 0.4) is 0 Å². The molecule has 0 saturated heterocycles. The van der Waals surface area contributed by atoms with Gasteiger partial charge < -0.3 is 19.2 Å². The van der Waals surface area contributed by atoms with Gasteiger partial charge in [-0.25, -0.2) is 8.78 Å². The lowest BCUT2D eigenvalue weighted by molar-refractivity contribution is -0.389. The number of rotatable bonds is 5. The summed E-state index contributed by atoms with van der Waals surface area (Å²) in [4.78, 5) is 19.1. The number of alkyl halides is 2. The van der Waals surface area contributed by atoms with Crippen molar-refractivity contribution in [1.82, 2.24) is 19.7 Å². The molecule has 1 fully saturated rings. The van der Waals surface area contributed by atoms with Crippen molar-refractivity contribution in [3.05, 3.63) is 58.4 Å². The molecule has 0 amide bonds. The van der Waals surface area contributed by atoms with Crippen molar-refractivity contribution in [2.24, 2.45) is 5.92 Å². The summed E-state index contributed by atoms with van der Waals surface area (Å²) < 4.78 is 34.7. The van der Waals surface area contributed by atoms with E-state index in [9.17, 15) is 18.9 Å². The molecule has 0 spiro atoms. The number of halogens is 2. The van der Waals surface area contributed by atoms with Gasteiger partial charge in [0.05, 0.1) is 16.7 Å². The second-order valence-electron chi connectivity index (χ2n) is 8.95. The minimum atomic E-state index is -2.58. The van der Waals surface area contributed by atoms with E-state index in [2.05, 4.69) is 14.7 Å². The molecule has 5 rings (SSSR count). The van der Waals surface area contributed by atoms with Gasteiger partial charge in [0.15, 0.2) is 0 Å². The van der Waals surface area contributed by atoms with Gasteiger partial charge in [-0.1, -0.05) is 5.16 Å². The zero-order chi connectivity index (χ0) is 24.0. The molecule has 8 nitrogen and oxygen atoms in total. The minimum Gasteiger partial charge on any atom is -0.361 e. The number of pyridine rings is 2. The van der Waals surface area contributed by atoms with Crippen LogP contribution >= 0.6 is 0 Å². The highest BCUT2D eigenvalue weighted by molar-refractivity contribution is 5.95. The van der Waals surface area contributed by atoms with Crippen molar-refractivity contribution in [3.8, 4) is 22.3 Å². The topological polar surface area (TPSA) is 99.9 Å². The summed E-state index contributed by atoms with van der Waals surface area (Å²) in [6, 6.07) is 5.02. The van der Waals surface area contributed by atoms with Crippen molar-refractivity contribution >= 4 is 16.9 Å². The molecule has 0 atom stereocenters. The first-order valence-electron chi connectivity index (χ1n) is 11.1. The predicted molar refractivity (Wildman–Crippen MR) is 121 cm³/mol. The standard InChI is InChI=1S/C24H23F2N5O3/c1-14-22(15(2)34-29-14)18-9-20-23(28-11-18)19(17-3-4-21(27-10-17)31(32)33)13-30(20)12-16-5-7-24(25,26)8-6-16/h3-4,9-11,13,16H,5-8,12H2,1-2H3. The van der Waals surface area contributed by atoms with Gasteiger partial charge in [-0.05, 0) is 54.6 Å². The quantitative estimate of drug-likeness (QED) is 0.260. The van der Waals surface area contributed by atoms with E-state index in [-0.39, 0.29) is 24.6 Å². The van der Waals surface area contributed by atoms with Crippen molar-refractivity contribution in [2.75, 3.05) is 0 Å². The number of nitro groups is 1. The van der Waals surface area contributed by atoms with Crippen LogP contribution in [0.2, 0.25) is 0 Å². The van der Waals surface area contributed by atoms with E-state index in [1.54, 1.807) is 12.3 Å². The summed E-state index contributed by atoms with van der Waals surface area (Å²) in [5.41, 5.74) is 5.53. The van der Waals surface area contributed by atoms with Gasteiger partial charge in [0, 0.05) is 60.1 Å². The number of hydrogen-bond acceptors (Lipinski definition) is 6. The van der Waals surface area contributed by atoms with Crippen LogP contribution in [-0.4, -0.2) is 30.5 Å². The van der Waals surface area contributed by atoms with Crippen LogP contribution in [0, 0.1) is 29.9 Å². The Morgan fingerprint density at radius 3 is 2.53 bits per heavy atom. The van der Waals surface area contributed by atoms with Gasteiger partial charge >= 0.3 is 5.82 Å². The lowest BCUT2D eigenvalue weighted by Crippen LogP contribution is -2.26. The summed E-state index contributed by atoms with van der Waals surface area (Å²) in [5, 5.41) is 15.0. The summed E-state index contributed by atoms with van der Waals surface area (Å²) in [5.74, 6) is -2.00. The van der Waals surface area contributed by atoms with Crippen molar-refractivity contribution < 1.29 is 18.2 Å². The van der Waals surface area contributed by atoms with Crippen LogP contribution in [0.1, 0.15) is 37.1 Å². The molecule has 1 aliphatic carbocycles. The molecule has 0 bridgehead atoms. The smallest absolute Gasteiger partial charge is 0.361 e. The average molecular weight is 467 g/mol. The van der Waals surface area contributed by atoms with E-state index in [1.807, 2.05) is 26.1 Å². The Morgan fingerprint density at radius 2 is 1.91 bits per heavy atom. The third kappa shape index (κ3) is 4.04. The Morgan fingerprint density at radius 1 is 1.18 bits per heavy atom. The Bertz CT molecular complexity index is 1350. The van der Waals surface area contributed by atoms with Crippen LogP contribution < -0.4 is 0 Å². The molecule has 0 N–H and O–H groups in total. The first-order valence-corrected chi connectivity index (χ1v) is 11.1. The van der Waals surface area contributed by atoms with Crippen LogP contribution in [0.4, 0.5) is 14.6 Å². The normalized spacial score (nSPS) is 16.2. The predicted octanol–water partition coefficient (Wildman–Crippen LogP) is 6.10. The summed E-state index contributed by atoms with van der Waals surface area (Å²) >= 11 is 0. The van der Waals surface area contributed by atoms with Crippen LogP contribution in [0.5, 0.6) is 0 Å². The number of hydrogen-bond donors (Lipinski definition) is 0. The number of nitrogens with zero attached hydrogens (tertiary/aromatic N) is 5. The van der Waals surface area contributed by atoms with Crippen LogP contribution in [0.25, 0.3) is 33.3 Å². The summed E-state index contributed by atoms with van der Waals surface area (Å²) in [6.45, 7) is 4.29. The molecular formula is C24H23F2N5O3. The van der Waals surface area contributed by atoms with Crippen LogP contribution in [0.15, 0.2) is 41.3 Å². The van der Waals surface area contributed by atoms with Gasteiger partial charge in [0.1, 0.15) is 12.0 Å². The Hall–Kier alpha value is -3.69. The van der Waals surface area contributed by atoms with E-state index in [4.69, 9.17) is 9.51 Å². The van der Waals surface area contributed by atoms with Gasteiger partial charge in [-0.3, -0.25) is 4.98 Å². The van der Waals surface area contributed by atoms with Gasteiger partial charge in [0.25, 0.3) is 0 Å². The first-order chi connectivity index (χ1) is 16.2. The highest BCUT2D eigenvalue weighted by Crippen LogP contribution is 2.39. The molecule has 4 aromatic heterocycles. The second-order valence-corrected chi connectivity index (χ2v) is 8.95. The maximum atomic E-state index is 13.7. The third-order valence-corrected chi connectivity index (χ3v) is 6.58. The molecule has 34 heavy (non-hydrogen) atoms. The second kappa shape index (κ2) is 8.27. The number of aromatic nitrogens is 4. The molecular weight excluding hydrogens is 444 g/mol. The van der Waals surface area contributed by atoms with Crippen molar-refractivity contribution in [2.45, 2.75) is 52.0 Å². The fraction of sp³-hybridized carbons (Fsp3) is 0.375. The molecule has 4 aromatic rings. The highest BCUT2D eigenvalue weighted by Gasteiger charge is 2.35. The summed E-state index contributed by atoms with van der Waals surface area (Å²) in [6.07, 6.45) is 5.86. The average Bonchev–Trinajstić information content (AvgIpc) is 3.34. The molecule has 176 valence electrons.